The summed E-state index contributed by atoms with van der Waals surface area (Å²) >= 11 is 3.51. The number of methoxy groups -OCH3 is 1. The Bertz CT molecular complexity index is 453. The first-order chi connectivity index (χ1) is 10.0. The molecule has 2 N–H and O–H groups in total. The molecule has 0 aliphatic rings. The van der Waals surface area contributed by atoms with Crippen LogP contribution in [0.4, 0.5) is 0 Å². The normalized spacial score (nSPS) is 10.7. The number of ether oxygens (including phenoxy) is 2. The summed E-state index contributed by atoms with van der Waals surface area (Å²) in [6.45, 7) is 5.92. The van der Waals surface area contributed by atoms with Crippen molar-refractivity contribution in [1.29, 1.82) is 0 Å². The van der Waals surface area contributed by atoms with Crippen LogP contribution in [-0.4, -0.2) is 38.8 Å². The predicted molar refractivity (Wildman–Crippen MR) is 86.5 cm³/mol. The second kappa shape index (κ2) is 9.76. The second-order valence-corrected chi connectivity index (χ2v) is 5.77. The molecule has 0 aliphatic carbocycles. The monoisotopic (exact) mass is 358 g/mol. The predicted octanol–water partition coefficient (Wildman–Crippen LogP) is 2.09. The van der Waals surface area contributed by atoms with E-state index in [0.717, 1.165) is 16.6 Å². The molecule has 0 spiro atoms. The van der Waals surface area contributed by atoms with Gasteiger partial charge in [-0.2, -0.15) is 0 Å². The Morgan fingerprint density at radius 3 is 2.81 bits per heavy atom. The molecule has 5 nitrogen and oxygen atoms in total. The molecule has 0 aliphatic heterocycles. The van der Waals surface area contributed by atoms with Crippen molar-refractivity contribution in [3.8, 4) is 5.75 Å². The molecule has 0 unspecified atom stereocenters. The number of benzene rings is 1. The SMILES string of the molecule is COCCNC(=O)COc1ccc(Br)c(CNC(C)C)c1. The van der Waals surface area contributed by atoms with Gasteiger partial charge in [-0.05, 0) is 23.8 Å². The third-order valence-corrected chi connectivity index (χ3v) is 3.49. The van der Waals surface area contributed by atoms with Gasteiger partial charge in [-0.25, -0.2) is 0 Å². The van der Waals surface area contributed by atoms with Crippen molar-refractivity contribution in [1.82, 2.24) is 10.6 Å². The zero-order valence-electron chi connectivity index (χ0n) is 12.7. The van der Waals surface area contributed by atoms with Crippen LogP contribution in [0, 0.1) is 0 Å². The molecule has 0 saturated carbocycles. The van der Waals surface area contributed by atoms with E-state index in [9.17, 15) is 4.79 Å². The highest BCUT2D eigenvalue weighted by atomic mass is 79.9. The van der Waals surface area contributed by atoms with Gasteiger partial charge >= 0.3 is 0 Å². The maximum Gasteiger partial charge on any atom is 0.258 e. The van der Waals surface area contributed by atoms with Crippen LogP contribution >= 0.6 is 15.9 Å². The number of hydrogen-bond donors (Lipinski definition) is 2. The van der Waals surface area contributed by atoms with E-state index in [0.29, 0.717) is 24.9 Å². The number of carbonyl (C=O) groups is 1. The summed E-state index contributed by atoms with van der Waals surface area (Å²) in [6, 6.07) is 6.11. The van der Waals surface area contributed by atoms with Crippen LogP contribution in [0.5, 0.6) is 5.75 Å². The highest BCUT2D eigenvalue weighted by Gasteiger charge is 2.06. The highest BCUT2D eigenvalue weighted by Crippen LogP contribution is 2.22. The van der Waals surface area contributed by atoms with Gasteiger partial charge in [-0.3, -0.25) is 4.79 Å². The van der Waals surface area contributed by atoms with Gasteiger partial charge in [0.25, 0.3) is 5.91 Å². The standard InChI is InChI=1S/C15H23BrN2O3/c1-11(2)18-9-12-8-13(4-5-14(12)16)21-10-15(19)17-6-7-20-3/h4-5,8,11,18H,6-7,9-10H2,1-3H3,(H,17,19). The largest absolute Gasteiger partial charge is 0.484 e. The molecule has 118 valence electrons. The first-order valence-electron chi connectivity index (χ1n) is 6.93. The lowest BCUT2D eigenvalue weighted by atomic mass is 10.2. The van der Waals surface area contributed by atoms with E-state index in [1.807, 2.05) is 18.2 Å². The molecular formula is C15H23BrN2O3. The third kappa shape index (κ3) is 7.45. The van der Waals surface area contributed by atoms with Crippen molar-refractivity contribution in [2.75, 3.05) is 26.9 Å². The van der Waals surface area contributed by atoms with Gasteiger partial charge in [-0.15, -0.1) is 0 Å². The molecule has 0 fully saturated rings. The van der Waals surface area contributed by atoms with Gasteiger partial charge in [0.15, 0.2) is 6.61 Å². The van der Waals surface area contributed by atoms with Crippen LogP contribution in [0.2, 0.25) is 0 Å². The molecule has 0 heterocycles. The Morgan fingerprint density at radius 1 is 1.38 bits per heavy atom. The molecule has 0 radical (unpaired) electrons. The first kappa shape index (κ1) is 17.9. The third-order valence-electron chi connectivity index (χ3n) is 2.72. The molecule has 1 rings (SSSR count). The molecule has 1 amide bonds. The molecule has 6 heteroatoms. The van der Waals surface area contributed by atoms with E-state index in [1.165, 1.54) is 0 Å². The number of halogens is 1. The maximum atomic E-state index is 11.5. The lowest BCUT2D eigenvalue weighted by molar-refractivity contribution is -0.123. The van der Waals surface area contributed by atoms with E-state index in [2.05, 4.69) is 40.4 Å². The summed E-state index contributed by atoms with van der Waals surface area (Å²) in [5, 5.41) is 6.06. The Morgan fingerprint density at radius 2 is 2.14 bits per heavy atom. The van der Waals surface area contributed by atoms with Crippen molar-refractivity contribution in [2.45, 2.75) is 26.4 Å². The van der Waals surface area contributed by atoms with Crippen molar-refractivity contribution in [3.63, 3.8) is 0 Å². The molecule has 0 saturated heterocycles. The van der Waals surface area contributed by atoms with E-state index in [1.54, 1.807) is 7.11 Å². The Hall–Kier alpha value is -1.11. The van der Waals surface area contributed by atoms with Crippen LogP contribution in [0.25, 0.3) is 0 Å². The minimum Gasteiger partial charge on any atom is -0.484 e. The molecule has 21 heavy (non-hydrogen) atoms. The quantitative estimate of drug-likeness (QED) is 0.663. The smallest absolute Gasteiger partial charge is 0.258 e. The average Bonchev–Trinajstić information content (AvgIpc) is 2.45. The maximum absolute atomic E-state index is 11.5. The summed E-state index contributed by atoms with van der Waals surface area (Å²) in [6.07, 6.45) is 0. The summed E-state index contributed by atoms with van der Waals surface area (Å²) in [5.74, 6) is 0.525. The summed E-state index contributed by atoms with van der Waals surface area (Å²) in [4.78, 5) is 11.5. The van der Waals surface area contributed by atoms with Gasteiger partial charge in [0.1, 0.15) is 5.75 Å². The van der Waals surface area contributed by atoms with Gasteiger partial charge in [0, 0.05) is 30.7 Å². The zero-order chi connectivity index (χ0) is 15.7. The molecular weight excluding hydrogens is 336 g/mol. The lowest BCUT2D eigenvalue weighted by Crippen LogP contribution is -2.31. The van der Waals surface area contributed by atoms with Crippen molar-refractivity contribution < 1.29 is 14.3 Å². The number of hydrogen-bond acceptors (Lipinski definition) is 4. The number of rotatable bonds is 9. The minimum absolute atomic E-state index is 0.00238. The minimum atomic E-state index is -0.156. The Labute approximate surface area is 134 Å². The van der Waals surface area contributed by atoms with Gasteiger partial charge in [-0.1, -0.05) is 29.8 Å². The van der Waals surface area contributed by atoms with E-state index >= 15 is 0 Å². The van der Waals surface area contributed by atoms with E-state index in [4.69, 9.17) is 9.47 Å². The summed E-state index contributed by atoms with van der Waals surface area (Å²) in [7, 11) is 1.59. The molecule has 0 bridgehead atoms. The highest BCUT2D eigenvalue weighted by molar-refractivity contribution is 9.10. The fourth-order valence-electron chi connectivity index (χ4n) is 1.58. The van der Waals surface area contributed by atoms with Gasteiger partial charge in [0.05, 0.1) is 6.61 Å². The summed E-state index contributed by atoms with van der Waals surface area (Å²) in [5.41, 5.74) is 1.10. The van der Waals surface area contributed by atoms with Gasteiger partial charge in [0.2, 0.25) is 0 Å². The fourth-order valence-corrected chi connectivity index (χ4v) is 1.97. The van der Waals surface area contributed by atoms with Crippen molar-refractivity contribution in [2.24, 2.45) is 0 Å². The molecule has 0 aromatic heterocycles. The number of carbonyl (C=O) groups excluding carboxylic acids is 1. The van der Waals surface area contributed by atoms with Crippen molar-refractivity contribution >= 4 is 21.8 Å². The zero-order valence-corrected chi connectivity index (χ0v) is 14.3. The molecule has 0 atom stereocenters. The van der Waals surface area contributed by atoms with E-state index < -0.39 is 0 Å². The topological polar surface area (TPSA) is 59.6 Å². The second-order valence-electron chi connectivity index (χ2n) is 4.92. The lowest BCUT2D eigenvalue weighted by Gasteiger charge is -2.12. The first-order valence-corrected chi connectivity index (χ1v) is 7.72. The van der Waals surface area contributed by atoms with Crippen LogP contribution < -0.4 is 15.4 Å². The average molecular weight is 359 g/mol. The molecule has 1 aromatic rings. The van der Waals surface area contributed by atoms with Crippen LogP contribution in [0.1, 0.15) is 19.4 Å². The fraction of sp³-hybridized carbons (Fsp3) is 0.533. The number of amides is 1. The van der Waals surface area contributed by atoms with Gasteiger partial charge < -0.3 is 20.1 Å². The van der Waals surface area contributed by atoms with Crippen LogP contribution in [0.3, 0.4) is 0 Å². The Kier molecular flexibility index (Phi) is 8.34. The Balaban J connectivity index is 2.48. The molecule has 1 aromatic carbocycles. The van der Waals surface area contributed by atoms with E-state index in [-0.39, 0.29) is 12.5 Å². The van der Waals surface area contributed by atoms with Crippen LogP contribution in [0.15, 0.2) is 22.7 Å². The number of nitrogens with one attached hydrogen (secondary N) is 2. The van der Waals surface area contributed by atoms with Crippen LogP contribution in [-0.2, 0) is 16.1 Å². The summed E-state index contributed by atoms with van der Waals surface area (Å²) < 4.78 is 11.4. The van der Waals surface area contributed by atoms with Crippen molar-refractivity contribution in [3.05, 3.63) is 28.2 Å².